The molecule has 31 heavy (non-hydrogen) atoms. The van der Waals surface area contributed by atoms with Crippen LogP contribution in [0.2, 0.25) is 0 Å². The molecule has 1 saturated heterocycles. The number of nitrogens with one attached hydrogen (secondary N) is 2. The van der Waals surface area contributed by atoms with Crippen molar-refractivity contribution < 1.29 is 9.59 Å². The molecule has 0 spiro atoms. The topological polar surface area (TPSA) is 107 Å². The average Bonchev–Trinajstić information content (AvgIpc) is 3.41. The molecule has 0 saturated carbocycles. The van der Waals surface area contributed by atoms with Crippen molar-refractivity contribution in [2.45, 2.75) is 32.2 Å². The Hall–Kier alpha value is -3.49. The number of aromatic amines is 1. The monoisotopic (exact) mass is 421 g/mol. The number of likely N-dealkylation sites (tertiary alicyclic amines) is 1. The van der Waals surface area contributed by atoms with Gasteiger partial charge in [-0.25, -0.2) is 15.0 Å². The minimum absolute atomic E-state index is 0.00734. The molecule has 3 aromatic rings. The lowest BCUT2D eigenvalue weighted by atomic mass is 9.99. The van der Waals surface area contributed by atoms with Crippen molar-refractivity contribution in [3.8, 4) is 0 Å². The van der Waals surface area contributed by atoms with Crippen LogP contribution in [0.5, 0.6) is 0 Å². The maximum atomic E-state index is 13.1. The molecule has 2 aromatic heterocycles. The predicted molar refractivity (Wildman–Crippen MR) is 118 cm³/mol. The first-order valence-electron chi connectivity index (χ1n) is 10.4. The molecule has 1 atom stereocenters. The zero-order valence-corrected chi connectivity index (χ0v) is 18.2. The Labute approximate surface area is 180 Å². The number of amides is 2. The van der Waals surface area contributed by atoms with Crippen molar-refractivity contribution in [2.75, 3.05) is 32.1 Å². The molecule has 1 unspecified atom stereocenters. The molecule has 2 amide bonds. The first kappa shape index (κ1) is 20.8. The van der Waals surface area contributed by atoms with Crippen molar-refractivity contribution in [2.24, 2.45) is 0 Å². The number of fused-ring (bicyclic) bond motifs is 1. The van der Waals surface area contributed by atoms with Crippen LogP contribution in [-0.2, 0) is 0 Å². The van der Waals surface area contributed by atoms with Crippen molar-refractivity contribution >= 4 is 28.8 Å². The summed E-state index contributed by atoms with van der Waals surface area (Å²) in [4.78, 5) is 45.7. The SMILES string of the molecule is CC(C)NC(=O)c1cnc(N(C)C)nc1C1CCN(C(=O)c2ccc3nc[nH]c3c2)C1. The van der Waals surface area contributed by atoms with E-state index in [0.29, 0.717) is 35.9 Å². The standard InChI is InChI=1S/C22H27N7O2/c1-13(2)26-20(30)16-10-23-22(28(3)4)27-19(16)15-7-8-29(11-15)21(31)14-5-6-17-18(9-14)25-12-24-17/h5-6,9-10,12-13,15H,7-8,11H2,1-4H3,(H,24,25)(H,26,30). The molecule has 3 heterocycles. The van der Waals surface area contributed by atoms with Crippen LogP contribution >= 0.6 is 0 Å². The summed E-state index contributed by atoms with van der Waals surface area (Å²) in [6.45, 7) is 4.95. The predicted octanol–water partition coefficient (Wildman–Crippen LogP) is 2.19. The smallest absolute Gasteiger partial charge is 0.254 e. The highest BCUT2D eigenvalue weighted by Crippen LogP contribution is 2.30. The van der Waals surface area contributed by atoms with E-state index in [1.54, 1.807) is 18.6 Å². The first-order valence-corrected chi connectivity index (χ1v) is 10.4. The molecule has 1 aliphatic heterocycles. The van der Waals surface area contributed by atoms with E-state index >= 15 is 0 Å². The third-order valence-corrected chi connectivity index (χ3v) is 5.40. The molecule has 0 radical (unpaired) electrons. The molecule has 0 bridgehead atoms. The minimum Gasteiger partial charge on any atom is -0.350 e. The Bertz CT molecular complexity index is 1120. The second kappa shape index (κ2) is 8.33. The van der Waals surface area contributed by atoms with E-state index < -0.39 is 0 Å². The number of carbonyl (C=O) groups is 2. The lowest BCUT2D eigenvalue weighted by molar-refractivity contribution is 0.0790. The summed E-state index contributed by atoms with van der Waals surface area (Å²) < 4.78 is 0. The highest BCUT2D eigenvalue weighted by atomic mass is 16.2. The van der Waals surface area contributed by atoms with Crippen molar-refractivity contribution in [1.82, 2.24) is 30.2 Å². The maximum Gasteiger partial charge on any atom is 0.254 e. The van der Waals surface area contributed by atoms with Gasteiger partial charge >= 0.3 is 0 Å². The summed E-state index contributed by atoms with van der Waals surface area (Å²) in [6.07, 6.45) is 3.95. The van der Waals surface area contributed by atoms with Crippen molar-refractivity contribution in [3.05, 3.63) is 47.5 Å². The van der Waals surface area contributed by atoms with Crippen LogP contribution in [0.25, 0.3) is 11.0 Å². The molecule has 1 fully saturated rings. The van der Waals surface area contributed by atoms with E-state index in [4.69, 9.17) is 0 Å². The number of hydrogen-bond donors (Lipinski definition) is 2. The number of H-pyrrole nitrogens is 1. The Morgan fingerprint density at radius 2 is 2.06 bits per heavy atom. The maximum absolute atomic E-state index is 13.1. The second-order valence-electron chi connectivity index (χ2n) is 8.36. The largest absolute Gasteiger partial charge is 0.350 e. The quantitative estimate of drug-likeness (QED) is 0.654. The van der Waals surface area contributed by atoms with Gasteiger partial charge in [-0.15, -0.1) is 0 Å². The van der Waals surface area contributed by atoms with E-state index in [9.17, 15) is 9.59 Å². The summed E-state index contributed by atoms with van der Waals surface area (Å²) in [7, 11) is 3.73. The van der Waals surface area contributed by atoms with Gasteiger partial charge in [-0.2, -0.15) is 0 Å². The van der Waals surface area contributed by atoms with Crippen molar-refractivity contribution in [3.63, 3.8) is 0 Å². The number of nitrogens with zero attached hydrogens (tertiary/aromatic N) is 5. The fraction of sp³-hybridized carbons (Fsp3) is 0.409. The van der Waals surface area contributed by atoms with Gasteiger partial charge < -0.3 is 20.1 Å². The number of aromatic nitrogens is 4. The van der Waals surface area contributed by atoms with E-state index in [2.05, 4.69) is 25.3 Å². The Balaban J connectivity index is 1.59. The van der Waals surface area contributed by atoms with E-state index in [1.807, 2.05) is 49.9 Å². The molecular weight excluding hydrogens is 394 g/mol. The molecule has 4 rings (SSSR count). The van der Waals surface area contributed by atoms with Gasteiger partial charge in [0.25, 0.3) is 11.8 Å². The summed E-state index contributed by atoms with van der Waals surface area (Å²) in [5, 5.41) is 2.92. The van der Waals surface area contributed by atoms with Gasteiger partial charge in [0.1, 0.15) is 0 Å². The molecule has 9 heteroatoms. The van der Waals surface area contributed by atoms with Crippen LogP contribution in [0.15, 0.2) is 30.7 Å². The molecule has 162 valence electrons. The summed E-state index contributed by atoms with van der Waals surface area (Å²) in [6, 6.07) is 5.48. The van der Waals surface area contributed by atoms with Crippen LogP contribution in [-0.4, -0.2) is 69.9 Å². The normalized spacial score (nSPS) is 16.2. The number of imidazole rings is 1. The first-order chi connectivity index (χ1) is 14.8. The summed E-state index contributed by atoms with van der Waals surface area (Å²) in [5.41, 5.74) is 3.44. The van der Waals surface area contributed by atoms with E-state index in [1.165, 1.54) is 0 Å². The molecule has 2 N–H and O–H groups in total. The fourth-order valence-electron chi connectivity index (χ4n) is 3.85. The van der Waals surface area contributed by atoms with Gasteiger partial charge in [-0.1, -0.05) is 0 Å². The van der Waals surface area contributed by atoms with Gasteiger partial charge in [-0.3, -0.25) is 9.59 Å². The molecule has 0 aliphatic carbocycles. The van der Waals surface area contributed by atoms with Crippen LogP contribution in [0, 0.1) is 0 Å². The van der Waals surface area contributed by atoms with Crippen LogP contribution in [0.3, 0.4) is 0 Å². The lowest BCUT2D eigenvalue weighted by Gasteiger charge is -2.20. The molecule has 1 aliphatic rings. The summed E-state index contributed by atoms with van der Waals surface area (Å²) >= 11 is 0. The van der Waals surface area contributed by atoms with E-state index in [-0.39, 0.29) is 23.8 Å². The Morgan fingerprint density at radius 1 is 1.26 bits per heavy atom. The number of rotatable bonds is 5. The van der Waals surface area contributed by atoms with Crippen LogP contribution in [0.4, 0.5) is 5.95 Å². The highest BCUT2D eigenvalue weighted by molar-refractivity contribution is 5.98. The minimum atomic E-state index is -0.190. The fourth-order valence-corrected chi connectivity index (χ4v) is 3.85. The number of carbonyl (C=O) groups excluding carboxylic acids is 2. The van der Waals surface area contributed by atoms with Crippen molar-refractivity contribution in [1.29, 1.82) is 0 Å². The number of hydrogen-bond acceptors (Lipinski definition) is 6. The van der Waals surface area contributed by atoms with Crippen LogP contribution < -0.4 is 10.2 Å². The summed E-state index contributed by atoms with van der Waals surface area (Å²) in [5.74, 6) is 0.291. The third-order valence-electron chi connectivity index (χ3n) is 5.40. The van der Waals surface area contributed by atoms with Gasteiger partial charge in [0.15, 0.2) is 0 Å². The van der Waals surface area contributed by atoms with Crippen LogP contribution in [0.1, 0.15) is 52.6 Å². The van der Waals surface area contributed by atoms with Gasteiger partial charge in [0.2, 0.25) is 5.95 Å². The van der Waals surface area contributed by atoms with Gasteiger partial charge in [0, 0.05) is 50.9 Å². The Morgan fingerprint density at radius 3 is 2.81 bits per heavy atom. The van der Waals surface area contributed by atoms with E-state index in [0.717, 1.165) is 17.5 Å². The Kier molecular flexibility index (Phi) is 5.58. The second-order valence-corrected chi connectivity index (χ2v) is 8.36. The zero-order valence-electron chi connectivity index (χ0n) is 18.2. The third kappa shape index (κ3) is 4.21. The van der Waals surface area contributed by atoms with Gasteiger partial charge in [0.05, 0.1) is 28.6 Å². The van der Waals surface area contributed by atoms with Gasteiger partial charge in [-0.05, 0) is 38.5 Å². The lowest BCUT2D eigenvalue weighted by Crippen LogP contribution is -2.32. The molecule has 9 nitrogen and oxygen atoms in total. The zero-order chi connectivity index (χ0) is 22.1. The average molecular weight is 422 g/mol. The number of benzene rings is 1. The molecule has 1 aromatic carbocycles. The molecular formula is C22H27N7O2. The highest BCUT2D eigenvalue weighted by Gasteiger charge is 2.32. The number of anilines is 1.